The Bertz CT molecular complexity index is 676. The highest BCUT2D eigenvalue weighted by Gasteiger charge is 2.36. The molecule has 0 heterocycles. The van der Waals surface area contributed by atoms with Crippen molar-refractivity contribution in [2.75, 3.05) is 7.11 Å². The molecule has 0 bridgehead atoms. The molecule has 25 heavy (non-hydrogen) atoms. The van der Waals surface area contributed by atoms with Crippen molar-refractivity contribution in [3.05, 3.63) is 29.8 Å². The van der Waals surface area contributed by atoms with Crippen LogP contribution in [0.15, 0.2) is 24.3 Å². The van der Waals surface area contributed by atoms with Crippen molar-refractivity contribution < 1.29 is 46.3 Å². The maximum Gasteiger partial charge on any atom is 0.186 e. The Morgan fingerprint density at radius 2 is 1.80 bits per heavy atom. The smallest absolute Gasteiger partial charge is 0.186 e. The van der Waals surface area contributed by atoms with Gasteiger partial charge in [-0.05, 0) is 23.8 Å². The van der Waals surface area contributed by atoms with Crippen LogP contribution in [0.2, 0.25) is 0 Å². The molecular weight excluding hydrogens is 336 g/mol. The average Bonchev–Trinajstić information content (AvgIpc) is 2.63. The molecule has 1 aromatic carbocycles. The van der Waals surface area contributed by atoms with Gasteiger partial charge in [0, 0.05) is 0 Å². The number of aldehydes is 1. The van der Waals surface area contributed by atoms with Gasteiger partial charge in [0.15, 0.2) is 23.5 Å². The number of ketones is 1. The van der Waals surface area contributed by atoms with E-state index in [1.54, 1.807) is 0 Å². The normalized spacial score (nSPS) is 18.1. The average molecular weight is 357 g/mol. The van der Waals surface area contributed by atoms with E-state index < -0.39 is 42.6 Å². The van der Waals surface area contributed by atoms with E-state index in [-0.39, 0.29) is 11.5 Å². The molecule has 1 rings (SSSR count). The fraction of sp³-hybridized carbons (Fsp3) is 0.375. The standard InChI is InChI=1S/C16H20O9/c1-25-12-6-8(2-4-9(12)18)3-5-10(19)13(21)15(23)16(24)14(22)11(20)7-17/h2-7,11,13-16,18,20-24H,1H3/b5-3+/t11-,13?,14+,15+,16-/m0/s1/i7D. The Balaban J connectivity index is 2.81. The summed E-state index contributed by atoms with van der Waals surface area (Å²) in [5.41, 5.74) is 0.422. The van der Waals surface area contributed by atoms with Crippen LogP contribution >= 0.6 is 0 Å². The second-order valence-electron chi connectivity index (χ2n) is 5.15. The summed E-state index contributed by atoms with van der Waals surface area (Å²) in [7, 11) is 1.33. The van der Waals surface area contributed by atoms with Gasteiger partial charge in [-0.1, -0.05) is 12.1 Å². The Labute approximate surface area is 144 Å². The van der Waals surface area contributed by atoms with Crippen LogP contribution < -0.4 is 4.74 Å². The van der Waals surface area contributed by atoms with Crippen LogP contribution in [-0.2, 0) is 9.59 Å². The van der Waals surface area contributed by atoms with Gasteiger partial charge in [0.1, 0.15) is 31.9 Å². The van der Waals surface area contributed by atoms with E-state index in [9.17, 15) is 40.2 Å². The van der Waals surface area contributed by atoms with Crippen molar-refractivity contribution in [3.63, 3.8) is 0 Å². The van der Waals surface area contributed by atoms with E-state index in [1.807, 2.05) is 0 Å². The Hall–Kier alpha value is -2.30. The molecule has 0 saturated carbocycles. The van der Waals surface area contributed by atoms with Crippen molar-refractivity contribution in [2.45, 2.75) is 30.5 Å². The molecular formula is C16H20O9. The fourth-order valence-corrected chi connectivity index (χ4v) is 1.89. The maximum atomic E-state index is 11.9. The lowest BCUT2D eigenvalue weighted by Crippen LogP contribution is -2.51. The molecule has 0 fully saturated rings. The molecule has 0 radical (unpaired) electrons. The predicted octanol–water partition coefficient (Wildman–Crippen LogP) is -2.01. The number of rotatable bonds is 9. The summed E-state index contributed by atoms with van der Waals surface area (Å²) >= 11 is 0. The highest BCUT2D eigenvalue weighted by molar-refractivity contribution is 5.97. The van der Waals surface area contributed by atoms with Crippen molar-refractivity contribution in [3.8, 4) is 11.5 Å². The first kappa shape index (κ1) is 19.0. The SMILES string of the molecule is [2H]C(=O)[C@H](O)[C@@H](O)[C@H](O)[C@H](O)C(O)C(=O)/C=C/c1ccc(O)c(OC)c1. The van der Waals surface area contributed by atoms with Gasteiger partial charge >= 0.3 is 0 Å². The molecule has 9 heteroatoms. The Morgan fingerprint density at radius 3 is 2.36 bits per heavy atom. The van der Waals surface area contributed by atoms with Gasteiger partial charge in [-0.25, -0.2) is 0 Å². The number of benzene rings is 1. The van der Waals surface area contributed by atoms with Crippen molar-refractivity contribution in [2.24, 2.45) is 0 Å². The van der Waals surface area contributed by atoms with Crippen molar-refractivity contribution in [1.82, 2.24) is 0 Å². The largest absolute Gasteiger partial charge is 0.504 e. The van der Waals surface area contributed by atoms with Crippen LogP contribution in [0.5, 0.6) is 11.5 Å². The number of aliphatic hydroxyl groups is 5. The maximum absolute atomic E-state index is 11.9. The van der Waals surface area contributed by atoms with E-state index in [0.29, 0.717) is 5.56 Å². The van der Waals surface area contributed by atoms with Gasteiger partial charge in [0.2, 0.25) is 0 Å². The van der Waals surface area contributed by atoms with Crippen molar-refractivity contribution >= 4 is 18.1 Å². The minimum atomic E-state index is -2.30. The molecule has 6 N–H and O–H groups in total. The molecule has 0 saturated heterocycles. The highest BCUT2D eigenvalue weighted by atomic mass is 16.5. The number of phenols is 1. The van der Waals surface area contributed by atoms with Crippen LogP contribution in [0, 0.1) is 0 Å². The zero-order valence-corrected chi connectivity index (χ0v) is 13.2. The first-order chi connectivity index (χ1) is 12.1. The van der Waals surface area contributed by atoms with Crippen LogP contribution in [0.25, 0.3) is 6.08 Å². The number of methoxy groups -OCH3 is 1. The van der Waals surface area contributed by atoms with Gasteiger partial charge in [-0.2, -0.15) is 0 Å². The number of hydrogen-bond acceptors (Lipinski definition) is 9. The summed E-state index contributed by atoms with van der Waals surface area (Å²) in [5.74, 6) is -1.01. The molecule has 0 aromatic heterocycles. The van der Waals surface area contributed by atoms with E-state index >= 15 is 0 Å². The van der Waals surface area contributed by atoms with Gasteiger partial charge in [-0.3, -0.25) is 4.79 Å². The summed E-state index contributed by atoms with van der Waals surface area (Å²) in [4.78, 5) is 22.5. The highest BCUT2D eigenvalue weighted by Crippen LogP contribution is 2.26. The van der Waals surface area contributed by atoms with E-state index in [4.69, 9.17) is 6.11 Å². The minimum Gasteiger partial charge on any atom is -0.504 e. The van der Waals surface area contributed by atoms with E-state index in [0.717, 1.165) is 6.08 Å². The topological polar surface area (TPSA) is 165 Å². The summed E-state index contributed by atoms with van der Waals surface area (Å²) in [6, 6.07) is 4.16. The summed E-state index contributed by atoms with van der Waals surface area (Å²) in [6.07, 6.45) is -10.7. The molecule has 0 aliphatic carbocycles. The zero-order chi connectivity index (χ0) is 20.0. The molecule has 1 aromatic rings. The van der Waals surface area contributed by atoms with Crippen LogP contribution in [0.4, 0.5) is 0 Å². The van der Waals surface area contributed by atoms with Gasteiger partial charge < -0.3 is 40.2 Å². The van der Waals surface area contributed by atoms with E-state index in [1.165, 1.54) is 31.4 Å². The molecule has 0 aliphatic rings. The molecule has 0 amide bonds. The zero-order valence-electron chi connectivity index (χ0n) is 14.2. The monoisotopic (exact) mass is 357 g/mol. The van der Waals surface area contributed by atoms with E-state index in [2.05, 4.69) is 0 Å². The number of hydrogen-bond donors (Lipinski definition) is 6. The van der Waals surface area contributed by atoms with Gasteiger partial charge in [0.05, 0.1) is 7.11 Å². The molecule has 9 nitrogen and oxygen atoms in total. The molecule has 1 unspecified atom stereocenters. The predicted molar refractivity (Wildman–Crippen MR) is 84.8 cm³/mol. The first-order valence-electron chi connectivity index (χ1n) is 7.59. The van der Waals surface area contributed by atoms with Crippen LogP contribution in [0.1, 0.15) is 6.93 Å². The molecule has 0 aliphatic heterocycles. The van der Waals surface area contributed by atoms with Crippen LogP contribution in [0.3, 0.4) is 0 Å². The van der Waals surface area contributed by atoms with Gasteiger partial charge in [0.25, 0.3) is 0 Å². The second-order valence-corrected chi connectivity index (χ2v) is 5.15. The summed E-state index contributed by atoms with van der Waals surface area (Å²) < 4.78 is 11.5. The fourth-order valence-electron chi connectivity index (χ4n) is 1.89. The lowest BCUT2D eigenvalue weighted by Gasteiger charge is -2.26. The molecule has 5 atom stereocenters. The quantitative estimate of drug-likeness (QED) is 0.216. The Kier molecular flexibility index (Phi) is 7.04. The lowest BCUT2D eigenvalue weighted by molar-refractivity contribution is -0.152. The first-order valence-corrected chi connectivity index (χ1v) is 7.09. The molecule has 0 spiro atoms. The third-order valence-corrected chi connectivity index (χ3v) is 3.40. The number of carbonyl (C=O) groups is 2. The number of ether oxygens (including phenoxy) is 1. The van der Waals surface area contributed by atoms with Gasteiger partial charge in [-0.15, -0.1) is 0 Å². The lowest BCUT2D eigenvalue weighted by atomic mass is 9.97. The number of carbonyl (C=O) groups excluding carboxylic acids is 2. The third-order valence-electron chi connectivity index (χ3n) is 3.40. The molecule has 138 valence electrons. The summed E-state index contributed by atoms with van der Waals surface area (Å²) in [5, 5.41) is 57.2. The minimum absolute atomic E-state index is 0.119. The second kappa shape index (κ2) is 9.25. The van der Waals surface area contributed by atoms with Crippen molar-refractivity contribution in [1.29, 1.82) is 0 Å². The third kappa shape index (κ3) is 5.34. The number of aromatic hydroxyl groups is 1. The van der Waals surface area contributed by atoms with Crippen LogP contribution in [-0.4, -0.2) is 80.3 Å². The summed E-state index contributed by atoms with van der Waals surface area (Å²) in [6.45, 7) is 0. The number of phenolic OH excluding ortho intramolecular Hbond substituents is 1. The Morgan fingerprint density at radius 1 is 1.16 bits per heavy atom. The number of aliphatic hydroxyl groups excluding tert-OH is 5.